The maximum atomic E-state index is 3.82. The van der Waals surface area contributed by atoms with Crippen LogP contribution in [0.3, 0.4) is 0 Å². The molecule has 104 valence electrons. The molecule has 2 fully saturated rings. The van der Waals surface area contributed by atoms with Gasteiger partial charge in [0.1, 0.15) is 0 Å². The maximum absolute atomic E-state index is 3.82. The summed E-state index contributed by atoms with van der Waals surface area (Å²) in [5.41, 5.74) is 1.42. The molecule has 2 aliphatic rings. The third-order valence-corrected chi connectivity index (χ3v) is 5.72. The first-order chi connectivity index (χ1) is 9.26. The molecule has 1 N–H and O–H groups in total. The third kappa shape index (κ3) is 3.05. The summed E-state index contributed by atoms with van der Waals surface area (Å²) >= 11 is 3.51. The monoisotopic (exact) mass is 321 g/mol. The summed E-state index contributed by atoms with van der Waals surface area (Å²) in [6.07, 6.45) is 7.16. The minimum atomic E-state index is 0.521. The summed E-state index contributed by atoms with van der Waals surface area (Å²) in [4.78, 5) is 0. The van der Waals surface area contributed by atoms with Crippen LogP contribution in [0.15, 0.2) is 28.7 Å². The zero-order chi connectivity index (χ0) is 13.2. The van der Waals surface area contributed by atoms with Gasteiger partial charge < -0.3 is 5.32 Å². The van der Waals surface area contributed by atoms with E-state index in [0.29, 0.717) is 6.04 Å². The van der Waals surface area contributed by atoms with Gasteiger partial charge in [-0.05, 0) is 67.7 Å². The molecule has 2 aliphatic carbocycles. The van der Waals surface area contributed by atoms with Crippen molar-refractivity contribution in [1.82, 2.24) is 5.32 Å². The zero-order valence-corrected chi connectivity index (χ0v) is 13.3. The van der Waals surface area contributed by atoms with E-state index in [9.17, 15) is 0 Å². The second-order valence-corrected chi connectivity index (χ2v) is 7.27. The standard InChI is InChI=1S/C17H24BrN/c1-2-17(13-5-7-16(18)8-6-13)19-11-15-10-12-3-4-14(15)9-12/h5-8,12,14-15,17,19H,2-4,9-11H2,1H3. The molecule has 0 spiro atoms. The van der Waals surface area contributed by atoms with Crippen molar-refractivity contribution in [3.63, 3.8) is 0 Å². The van der Waals surface area contributed by atoms with Crippen molar-refractivity contribution in [3.8, 4) is 0 Å². The molecule has 1 nitrogen and oxygen atoms in total. The van der Waals surface area contributed by atoms with Gasteiger partial charge in [-0.2, -0.15) is 0 Å². The van der Waals surface area contributed by atoms with Gasteiger partial charge in [0.25, 0.3) is 0 Å². The highest BCUT2D eigenvalue weighted by Crippen LogP contribution is 2.48. The lowest BCUT2D eigenvalue weighted by Gasteiger charge is -2.25. The van der Waals surface area contributed by atoms with E-state index < -0.39 is 0 Å². The minimum absolute atomic E-state index is 0.521. The van der Waals surface area contributed by atoms with Crippen molar-refractivity contribution in [3.05, 3.63) is 34.3 Å². The van der Waals surface area contributed by atoms with E-state index in [1.54, 1.807) is 0 Å². The molecular weight excluding hydrogens is 298 g/mol. The van der Waals surface area contributed by atoms with Crippen molar-refractivity contribution in [2.45, 2.75) is 45.1 Å². The first kappa shape index (κ1) is 13.6. The molecule has 0 saturated heterocycles. The van der Waals surface area contributed by atoms with Crippen LogP contribution in [0.5, 0.6) is 0 Å². The van der Waals surface area contributed by atoms with E-state index in [0.717, 1.165) is 17.8 Å². The molecule has 0 heterocycles. The maximum Gasteiger partial charge on any atom is 0.0317 e. The highest BCUT2D eigenvalue weighted by Gasteiger charge is 2.39. The number of benzene rings is 1. The van der Waals surface area contributed by atoms with Gasteiger partial charge in [0, 0.05) is 10.5 Å². The van der Waals surface area contributed by atoms with Crippen LogP contribution in [0.1, 0.15) is 50.6 Å². The van der Waals surface area contributed by atoms with Crippen molar-refractivity contribution >= 4 is 15.9 Å². The molecule has 0 aliphatic heterocycles. The van der Waals surface area contributed by atoms with Gasteiger partial charge in [0.05, 0.1) is 0 Å². The Balaban J connectivity index is 1.56. The normalized spacial score (nSPS) is 30.7. The molecule has 0 amide bonds. The van der Waals surface area contributed by atoms with E-state index >= 15 is 0 Å². The van der Waals surface area contributed by atoms with E-state index in [1.807, 2.05) is 0 Å². The van der Waals surface area contributed by atoms with Crippen LogP contribution in [-0.4, -0.2) is 6.54 Å². The Morgan fingerprint density at radius 2 is 2.00 bits per heavy atom. The molecule has 0 radical (unpaired) electrons. The molecule has 4 atom stereocenters. The van der Waals surface area contributed by atoms with Gasteiger partial charge in [0.2, 0.25) is 0 Å². The van der Waals surface area contributed by atoms with Crippen molar-refractivity contribution in [2.75, 3.05) is 6.54 Å². The highest BCUT2D eigenvalue weighted by molar-refractivity contribution is 9.10. The first-order valence-electron chi connectivity index (χ1n) is 7.75. The summed E-state index contributed by atoms with van der Waals surface area (Å²) in [6, 6.07) is 9.30. The SMILES string of the molecule is CCC(NCC1CC2CCC1C2)c1ccc(Br)cc1. The van der Waals surface area contributed by atoms with E-state index in [-0.39, 0.29) is 0 Å². The minimum Gasteiger partial charge on any atom is -0.310 e. The van der Waals surface area contributed by atoms with Gasteiger partial charge in [-0.3, -0.25) is 0 Å². The van der Waals surface area contributed by atoms with E-state index in [2.05, 4.69) is 52.4 Å². The molecule has 2 bridgehead atoms. The number of fused-ring (bicyclic) bond motifs is 2. The Bertz CT molecular complexity index is 414. The van der Waals surface area contributed by atoms with E-state index in [4.69, 9.17) is 0 Å². The number of nitrogens with one attached hydrogen (secondary N) is 1. The molecule has 2 saturated carbocycles. The van der Waals surface area contributed by atoms with Crippen molar-refractivity contribution in [2.24, 2.45) is 17.8 Å². The fourth-order valence-electron chi connectivity index (χ4n) is 4.11. The molecule has 1 aromatic carbocycles. The Kier molecular flexibility index (Phi) is 4.28. The quantitative estimate of drug-likeness (QED) is 0.811. The van der Waals surface area contributed by atoms with Crippen LogP contribution in [0.25, 0.3) is 0 Å². The molecule has 0 aromatic heterocycles. The lowest BCUT2D eigenvalue weighted by Crippen LogP contribution is -2.29. The molecular formula is C17H24BrN. The number of hydrogen-bond acceptors (Lipinski definition) is 1. The van der Waals surface area contributed by atoms with Gasteiger partial charge >= 0.3 is 0 Å². The second-order valence-electron chi connectivity index (χ2n) is 6.36. The van der Waals surface area contributed by atoms with Crippen LogP contribution in [0, 0.1) is 17.8 Å². The fraction of sp³-hybridized carbons (Fsp3) is 0.647. The smallest absolute Gasteiger partial charge is 0.0317 e. The Hall–Kier alpha value is -0.340. The van der Waals surface area contributed by atoms with Crippen LogP contribution < -0.4 is 5.32 Å². The van der Waals surface area contributed by atoms with Crippen LogP contribution >= 0.6 is 15.9 Å². The summed E-state index contributed by atoms with van der Waals surface area (Å²) in [5, 5.41) is 3.82. The Morgan fingerprint density at radius 1 is 1.21 bits per heavy atom. The lowest BCUT2D eigenvalue weighted by molar-refractivity contribution is 0.304. The second kappa shape index (κ2) is 5.97. The molecule has 2 heteroatoms. The summed E-state index contributed by atoms with van der Waals surface area (Å²) in [7, 11) is 0. The summed E-state index contributed by atoms with van der Waals surface area (Å²) < 4.78 is 1.17. The topological polar surface area (TPSA) is 12.0 Å². The van der Waals surface area contributed by atoms with Gasteiger partial charge in [-0.15, -0.1) is 0 Å². The fourth-order valence-corrected chi connectivity index (χ4v) is 4.38. The molecule has 3 rings (SSSR count). The average molecular weight is 322 g/mol. The summed E-state index contributed by atoms with van der Waals surface area (Å²) in [5.74, 6) is 3.03. The number of halogens is 1. The number of hydrogen-bond donors (Lipinski definition) is 1. The van der Waals surface area contributed by atoms with Gasteiger partial charge in [-0.1, -0.05) is 41.4 Å². The van der Waals surface area contributed by atoms with Crippen molar-refractivity contribution in [1.29, 1.82) is 0 Å². The molecule has 1 aromatic rings. The highest BCUT2D eigenvalue weighted by atomic mass is 79.9. The van der Waals surface area contributed by atoms with Crippen LogP contribution in [0.4, 0.5) is 0 Å². The van der Waals surface area contributed by atoms with Crippen LogP contribution in [-0.2, 0) is 0 Å². The van der Waals surface area contributed by atoms with Crippen molar-refractivity contribution < 1.29 is 0 Å². The zero-order valence-electron chi connectivity index (χ0n) is 11.7. The van der Waals surface area contributed by atoms with Gasteiger partial charge in [-0.25, -0.2) is 0 Å². The summed E-state index contributed by atoms with van der Waals surface area (Å²) in [6.45, 7) is 3.50. The van der Waals surface area contributed by atoms with Gasteiger partial charge in [0.15, 0.2) is 0 Å². The largest absolute Gasteiger partial charge is 0.310 e. The number of rotatable bonds is 5. The molecule has 19 heavy (non-hydrogen) atoms. The Labute approximate surface area is 125 Å². The predicted molar refractivity (Wildman–Crippen MR) is 84.1 cm³/mol. The average Bonchev–Trinajstić information content (AvgIpc) is 3.04. The first-order valence-corrected chi connectivity index (χ1v) is 8.54. The molecule has 4 unspecified atom stereocenters. The third-order valence-electron chi connectivity index (χ3n) is 5.19. The lowest BCUT2D eigenvalue weighted by atomic mass is 9.88. The Morgan fingerprint density at radius 3 is 2.58 bits per heavy atom. The predicted octanol–water partition coefficient (Wildman–Crippen LogP) is 4.93. The van der Waals surface area contributed by atoms with E-state index in [1.165, 1.54) is 48.7 Å². The van der Waals surface area contributed by atoms with Crippen LogP contribution in [0.2, 0.25) is 0 Å².